The van der Waals surface area contributed by atoms with E-state index in [0.717, 1.165) is 5.92 Å². The van der Waals surface area contributed by atoms with E-state index in [1.54, 1.807) is 0 Å². The third kappa shape index (κ3) is 3.52. The first kappa shape index (κ1) is 14.4. The Morgan fingerprint density at radius 2 is 1.84 bits per heavy atom. The fourth-order valence-electron chi connectivity index (χ4n) is 3.44. The Bertz CT molecular complexity index is 404. The molecular formula is C18H29N. The van der Waals surface area contributed by atoms with E-state index >= 15 is 0 Å². The molecular weight excluding hydrogens is 230 g/mol. The van der Waals surface area contributed by atoms with E-state index in [-0.39, 0.29) is 0 Å². The first-order valence-corrected chi connectivity index (χ1v) is 7.78. The summed E-state index contributed by atoms with van der Waals surface area (Å²) in [6.45, 7) is 11.7. The van der Waals surface area contributed by atoms with Gasteiger partial charge in [-0.15, -0.1) is 0 Å². The number of nitrogens with one attached hydrogen (secondary N) is 1. The maximum Gasteiger partial charge on any atom is 0.0342 e. The van der Waals surface area contributed by atoms with Gasteiger partial charge in [0.25, 0.3) is 0 Å². The summed E-state index contributed by atoms with van der Waals surface area (Å²) in [6, 6.07) is 9.69. The average molecular weight is 259 g/mol. The normalized spacial score (nSPS) is 27.2. The zero-order valence-electron chi connectivity index (χ0n) is 13.2. The molecule has 1 aromatic carbocycles. The summed E-state index contributed by atoms with van der Waals surface area (Å²) >= 11 is 0. The SMILES string of the molecule is CCC(C)c1ccc(NC2CC(C)(C)CC2C)cc1. The van der Waals surface area contributed by atoms with Gasteiger partial charge in [0.15, 0.2) is 0 Å². The smallest absolute Gasteiger partial charge is 0.0342 e. The van der Waals surface area contributed by atoms with Gasteiger partial charge in [-0.2, -0.15) is 0 Å². The maximum absolute atomic E-state index is 3.73. The van der Waals surface area contributed by atoms with E-state index in [2.05, 4.69) is 64.2 Å². The second kappa shape index (κ2) is 5.56. The molecule has 19 heavy (non-hydrogen) atoms. The van der Waals surface area contributed by atoms with Crippen LogP contribution < -0.4 is 5.32 Å². The molecule has 1 nitrogen and oxygen atoms in total. The summed E-state index contributed by atoms with van der Waals surface area (Å²) in [4.78, 5) is 0. The summed E-state index contributed by atoms with van der Waals surface area (Å²) in [5.41, 5.74) is 3.22. The summed E-state index contributed by atoms with van der Waals surface area (Å²) in [5.74, 6) is 1.43. The molecule has 106 valence electrons. The molecule has 1 saturated carbocycles. The monoisotopic (exact) mass is 259 g/mol. The minimum Gasteiger partial charge on any atom is -0.382 e. The van der Waals surface area contributed by atoms with Gasteiger partial charge < -0.3 is 5.32 Å². The van der Waals surface area contributed by atoms with Crippen molar-refractivity contribution >= 4 is 5.69 Å². The fourth-order valence-corrected chi connectivity index (χ4v) is 3.44. The number of benzene rings is 1. The Balaban J connectivity index is 2.00. The molecule has 0 heterocycles. The van der Waals surface area contributed by atoms with Gasteiger partial charge in [-0.05, 0) is 54.2 Å². The van der Waals surface area contributed by atoms with E-state index in [4.69, 9.17) is 0 Å². The molecule has 1 aromatic rings. The van der Waals surface area contributed by atoms with Gasteiger partial charge in [-0.25, -0.2) is 0 Å². The molecule has 0 bridgehead atoms. The molecule has 0 aliphatic heterocycles. The number of anilines is 1. The van der Waals surface area contributed by atoms with Crippen molar-refractivity contribution in [1.82, 2.24) is 0 Å². The molecule has 3 atom stereocenters. The predicted octanol–water partition coefficient (Wildman–Crippen LogP) is 5.44. The first-order chi connectivity index (χ1) is 8.91. The van der Waals surface area contributed by atoms with Crippen molar-refractivity contribution in [2.24, 2.45) is 11.3 Å². The van der Waals surface area contributed by atoms with Gasteiger partial charge in [0.05, 0.1) is 0 Å². The summed E-state index contributed by atoms with van der Waals surface area (Å²) < 4.78 is 0. The zero-order valence-corrected chi connectivity index (χ0v) is 13.2. The Hall–Kier alpha value is -0.980. The Morgan fingerprint density at radius 3 is 2.32 bits per heavy atom. The van der Waals surface area contributed by atoms with E-state index in [9.17, 15) is 0 Å². The minimum absolute atomic E-state index is 0.494. The van der Waals surface area contributed by atoms with Crippen LogP contribution in [0.1, 0.15) is 65.4 Å². The van der Waals surface area contributed by atoms with Gasteiger partial charge >= 0.3 is 0 Å². The molecule has 0 spiro atoms. The number of hydrogen-bond donors (Lipinski definition) is 1. The Kier molecular flexibility index (Phi) is 4.23. The van der Waals surface area contributed by atoms with E-state index in [0.29, 0.717) is 17.4 Å². The molecule has 0 radical (unpaired) electrons. The lowest BCUT2D eigenvalue weighted by Crippen LogP contribution is -2.22. The van der Waals surface area contributed by atoms with Gasteiger partial charge in [-0.3, -0.25) is 0 Å². The van der Waals surface area contributed by atoms with Crippen molar-refractivity contribution in [3.8, 4) is 0 Å². The van der Waals surface area contributed by atoms with Gasteiger partial charge in [0.1, 0.15) is 0 Å². The zero-order chi connectivity index (χ0) is 14.0. The first-order valence-electron chi connectivity index (χ1n) is 7.78. The van der Waals surface area contributed by atoms with Crippen LogP contribution in [0.4, 0.5) is 5.69 Å². The van der Waals surface area contributed by atoms with Crippen LogP contribution in [0.25, 0.3) is 0 Å². The quantitative estimate of drug-likeness (QED) is 0.759. The lowest BCUT2D eigenvalue weighted by Gasteiger charge is -2.20. The van der Waals surface area contributed by atoms with Gasteiger partial charge in [0, 0.05) is 11.7 Å². The van der Waals surface area contributed by atoms with Crippen LogP contribution in [0.3, 0.4) is 0 Å². The van der Waals surface area contributed by atoms with Crippen LogP contribution in [-0.2, 0) is 0 Å². The van der Waals surface area contributed by atoms with Crippen molar-refractivity contribution in [2.75, 3.05) is 5.32 Å². The van der Waals surface area contributed by atoms with Crippen molar-refractivity contribution in [3.63, 3.8) is 0 Å². The van der Waals surface area contributed by atoms with Gasteiger partial charge in [-0.1, -0.05) is 46.8 Å². The van der Waals surface area contributed by atoms with Crippen molar-refractivity contribution in [1.29, 1.82) is 0 Å². The standard InChI is InChI=1S/C18H29N/c1-6-13(2)15-7-9-16(10-8-15)19-17-12-18(4,5)11-14(17)3/h7-10,13-14,17,19H,6,11-12H2,1-5H3. The third-order valence-corrected chi connectivity index (χ3v) is 4.78. The molecule has 2 rings (SSSR count). The molecule has 0 amide bonds. The second-order valence-electron chi connectivity index (χ2n) is 7.23. The van der Waals surface area contributed by atoms with Crippen LogP contribution in [0.15, 0.2) is 24.3 Å². The highest BCUT2D eigenvalue weighted by Gasteiger charge is 2.36. The Labute approximate surface area is 118 Å². The Morgan fingerprint density at radius 1 is 1.21 bits per heavy atom. The summed E-state index contributed by atoms with van der Waals surface area (Å²) in [7, 11) is 0. The van der Waals surface area contributed by atoms with E-state index < -0.39 is 0 Å². The van der Waals surface area contributed by atoms with Crippen LogP contribution in [0.5, 0.6) is 0 Å². The van der Waals surface area contributed by atoms with Crippen molar-refractivity contribution in [3.05, 3.63) is 29.8 Å². The summed E-state index contributed by atoms with van der Waals surface area (Å²) in [5, 5.41) is 3.73. The van der Waals surface area contributed by atoms with Crippen molar-refractivity contribution in [2.45, 2.75) is 65.8 Å². The fraction of sp³-hybridized carbons (Fsp3) is 0.667. The van der Waals surface area contributed by atoms with Crippen LogP contribution in [0.2, 0.25) is 0 Å². The molecule has 3 unspecified atom stereocenters. The number of hydrogen-bond acceptors (Lipinski definition) is 1. The van der Waals surface area contributed by atoms with Gasteiger partial charge in [0.2, 0.25) is 0 Å². The summed E-state index contributed by atoms with van der Waals surface area (Å²) in [6.07, 6.45) is 3.82. The predicted molar refractivity (Wildman–Crippen MR) is 84.7 cm³/mol. The van der Waals surface area contributed by atoms with Crippen LogP contribution in [-0.4, -0.2) is 6.04 Å². The molecule has 1 aliphatic carbocycles. The minimum atomic E-state index is 0.494. The molecule has 0 aromatic heterocycles. The lowest BCUT2D eigenvalue weighted by molar-refractivity contribution is 0.366. The number of rotatable bonds is 4. The maximum atomic E-state index is 3.73. The molecule has 1 aliphatic rings. The highest BCUT2D eigenvalue weighted by atomic mass is 14.9. The highest BCUT2D eigenvalue weighted by Crippen LogP contribution is 2.42. The van der Waals surface area contributed by atoms with Crippen LogP contribution >= 0.6 is 0 Å². The van der Waals surface area contributed by atoms with E-state index in [1.807, 2.05) is 0 Å². The molecule has 1 N–H and O–H groups in total. The second-order valence-corrected chi connectivity index (χ2v) is 7.23. The van der Waals surface area contributed by atoms with Crippen LogP contribution in [0, 0.1) is 11.3 Å². The highest BCUT2D eigenvalue weighted by molar-refractivity contribution is 5.46. The molecule has 1 heteroatoms. The van der Waals surface area contributed by atoms with Crippen molar-refractivity contribution < 1.29 is 0 Å². The van der Waals surface area contributed by atoms with E-state index in [1.165, 1.54) is 30.5 Å². The molecule has 1 fully saturated rings. The third-order valence-electron chi connectivity index (χ3n) is 4.78. The topological polar surface area (TPSA) is 12.0 Å². The lowest BCUT2D eigenvalue weighted by atomic mass is 9.91. The average Bonchev–Trinajstić information content (AvgIpc) is 2.62. The molecule has 0 saturated heterocycles. The largest absolute Gasteiger partial charge is 0.382 e.